The number of aryl methyl sites for hydroxylation is 1. The van der Waals surface area contributed by atoms with E-state index >= 15 is 0 Å². The summed E-state index contributed by atoms with van der Waals surface area (Å²) >= 11 is 5.90. The molecular weight excluding hydrogens is 304 g/mol. The topological polar surface area (TPSA) is 68.3 Å². The molecule has 0 amide bonds. The summed E-state index contributed by atoms with van der Waals surface area (Å²) in [5.41, 5.74) is 1.88. The third kappa shape index (κ3) is 2.40. The quantitative estimate of drug-likeness (QED) is 0.789. The van der Waals surface area contributed by atoms with E-state index in [1.165, 1.54) is 0 Å². The van der Waals surface area contributed by atoms with Crippen molar-refractivity contribution in [2.24, 2.45) is 0 Å². The Morgan fingerprint density at radius 2 is 1.86 bits per heavy atom. The zero-order valence-electron chi connectivity index (χ0n) is 12.0. The molecule has 0 unspecified atom stereocenters. The van der Waals surface area contributed by atoms with Crippen LogP contribution in [0.1, 0.15) is 21.8 Å². The van der Waals surface area contributed by atoms with Gasteiger partial charge in [-0.15, -0.1) is 0 Å². The van der Waals surface area contributed by atoms with E-state index in [0.717, 1.165) is 5.76 Å². The first kappa shape index (κ1) is 14.4. The lowest BCUT2D eigenvalue weighted by atomic mass is 10.1. The van der Waals surface area contributed by atoms with Gasteiger partial charge in [0, 0.05) is 10.6 Å². The van der Waals surface area contributed by atoms with Crippen LogP contribution in [0.3, 0.4) is 0 Å². The molecule has 0 spiro atoms. The number of furan rings is 1. The average Bonchev–Trinajstić information content (AvgIpc) is 3.03. The van der Waals surface area contributed by atoms with Gasteiger partial charge in [-0.05, 0) is 50.2 Å². The second-order valence-corrected chi connectivity index (χ2v) is 5.36. The number of halogens is 1. The van der Waals surface area contributed by atoms with Crippen LogP contribution in [0.25, 0.3) is 17.1 Å². The van der Waals surface area contributed by atoms with Crippen molar-refractivity contribution in [2.45, 2.75) is 13.8 Å². The average molecular weight is 317 g/mol. The zero-order valence-corrected chi connectivity index (χ0v) is 12.8. The molecule has 1 aromatic carbocycles. The number of aromatic nitrogens is 2. The summed E-state index contributed by atoms with van der Waals surface area (Å²) < 4.78 is 7.21. The van der Waals surface area contributed by atoms with Crippen LogP contribution in [0.5, 0.6) is 0 Å². The van der Waals surface area contributed by atoms with E-state index in [0.29, 0.717) is 27.7 Å². The minimum absolute atomic E-state index is 0.000923. The Morgan fingerprint density at radius 3 is 2.41 bits per heavy atom. The fraction of sp³-hybridized carbons (Fsp3) is 0.125. The van der Waals surface area contributed by atoms with Crippen molar-refractivity contribution in [3.63, 3.8) is 0 Å². The second-order valence-electron chi connectivity index (χ2n) is 4.93. The van der Waals surface area contributed by atoms with Crippen LogP contribution < -0.4 is 0 Å². The summed E-state index contributed by atoms with van der Waals surface area (Å²) in [7, 11) is 0. The van der Waals surface area contributed by atoms with E-state index in [-0.39, 0.29) is 5.69 Å². The fourth-order valence-corrected chi connectivity index (χ4v) is 2.45. The van der Waals surface area contributed by atoms with Gasteiger partial charge in [0.1, 0.15) is 11.5 Å². The van der Waals surface area contributed by atoms with E-state index in [9.17, 15) is 9.90 Å². The Balaban J connectivity index is 2.26. The van der Waals surface area contributed by atoms with Crippen molar-refractivity contribution in [2.75, 3.05) is 0 Å². The summed E-state index contributed by atoms with van der Waals surface area (Å²) in [6.45, 7) is 3.55. The maximum atomic E-state index is 11.4. The number of benzene rings is 1. The molecular formula is C16H13ClN2O3. The molecule has 22 heavy (non-hydrogen) atoms. The first-order valence-corrected chi connectivity index (χ1v) is 7.01. The largest absolute Gasteiger partial charge is 0.476 e. The van der Waals surface area contributed by atoms with E-state index in [1.54, 1.807) is 41.9 Å². The predicted octanol–water partition coefficient (Wildman–Crippen LogP) is 4.10. The number of hydrogen-bond acceptors (Lipinski definition) is 3. The van der Waals surface area contributed by atoms with Crippen LogP contribution in [0.15, 0.2) is 40.8 Å². The van der Waals surface area contributed by atoms with Crippen molar-refractivity contribution >= 4 is 17.6 Å². The van der Waals surface area contributed by atoms with E-state index in [2.05, 4.69) is 5.10 Å². The smallest absolute Gasteiger partial charge is 0.356 e. The maximum absolute atomic E-state index is 11.4. The van der Waals surface area contributed by atoms with Gasteiger partial charge in [0.2, 0.25) is 0 Å². The van der Waals surface area contributed by atoms with Gasteiger partial charge in [0.05, 0.1) is 5.69 Å². The normalized spacial score (nSPS) is 10.9. The number of hydrogen-bond donors (Lipinski definition) is 1. The number of aromatic carboxylic acids is 1. The maximum Gasteiger partial charge on any atom is 0.356 e. The molecule has 0 atom stereocenters. The molecule has 6 heteroatoms. The number of rotatable bonds is 3. The summed E-state index contributed by atoms with van der Waals surface area (Å²) in [6, 6.07) is 10.6. The first-order valence-electron chi connectivity index (χ1n) is 6.63. The fourth-order valence-electron chi connectivity index (χ4n) is 2.32. The third-order valence-corrected chi connectivity index (χ3v) is 3.62. The molecule has 0 aliphatic carbocycles. The molecule has 1 N–H and O–H groups in total. The highest BCUT2D eigenvalue weighted by Crippen LogP contribution is 2.30. The molecule has 112 valence electrons. The highest BCUT2D eigenvalue weighted by molar-refractivity contribution is 6.30. The van der Waals surface area contributed by atoms with Crippen LogP contribution in [0.2, 0.25) is 5.02 Å². The molecule has 0 bridgehead atoms. The van der Waals surface area contributed by atoms with Gasteiger partial charge >= 0.3 is 5.97 Å². The van der Waals surface area contributed by atoms with Crippen LogP contribution in [0, 0.1) is 13.8 Å². The van der Waals surface area contributed by atoms with Gasteiger partial charge in [-0.25, -0.2) is 9.48 Å². The monoisotopic (exact) mass is 316 g/mol. The van der Waals surface area contributed by atoms with Crippen LogP contribution >= 0.6 is 11.6 Å². The first-order chi connectivity index (χ1) is 10.5. The van der Waals surface area contributed by atoms with Crippen molar-refractivity contribution in [1.82, 2.24) is 9.78 Å². The Labute approximate surface area is 131 Å². The molecule has 3 rings (SSSR count). The number of carboxylic acid groups (broad SMARTS) is 1. The van der Waals surface area contributed by atoms with E-state index < -0.39 is 5.97 Å². The summed E-state index contributed by atoms with van der Waals surface area (Å²) in [5, 5.41) is 14.1. The van der Waals surface area contributed by atoms with Gasteiger partial charge in [0.25, 0.3) is 0 Å². The van der Waals surface area contributed by atoms with Gasteiger partial charge in [0.15, 0.2) is 11.5 Å². The van der Waals surface area contributed by atoms with Gasteiger partial charge in [-0.2, -0.15) is 5.10 Å². The minimum atomic E-state index is -1.07. The zero-order chi connectivity index (χ0) is 15.9. The summed E-state index contributed by atoms with van der Waals surface area (Å²) in [6.07, 6.45) is 0. The lowest BCUT2D eigenvalue weighted by Gasteiger charge is -2.06. The van der Waals surface area contributed by atoms with E-state index in [1.807, 2.05) is 13.0 Å². The Kier molecular flexibility index (Phi) is 3.50. The third-order valence-electron chi connectivity index (χ3n) is 3.37. The highest BCUT2D eigenvalue weighted by atomic mass is 35.5. The molecule has 0 saturated carbocycles. The highest BCUT2D eigenvalue weighted by Gasteiger charge is 2.23. The van der Waals surface area contributed by atoms with Crippen molar-refractivity contribution < 1.29 is 14.3 Å². The molecule has 0 aliphatic rings. The molecule has 2 heterocycles. The molecule has 0 radical (unpaired) electrons. The summed E-state index contributed by atoms with van der Waals surface area (Å²) in [5.74, 6) is 0.245. The van der Waals surface area contributed by atoms with Crippen LogP contribution in [-0.2, 0) is 0 Å². The van der Waals surface area contributed by atoms with Crippen molar-refractivity contribution in [3.8, 4) is 17.1 Å². The van der Waals surface area contributed by atoms with Gasteiger partial charge < -0.3 is 9.52 Å². The minimum Gasteiger partial charge on any atom is -0.476 e. The predicted molar refractivity (Wildman–Crippen MR) is 82.7 cm³/mol. The van der Waals surface area contributed by atoms with Gasteiger partial charge in [-0.1, -0.05) is 11.6 Å². The van der Waals surface area contributed by atoms with Gasteiger partial charge in [-0.3, -0.25) is 0 Å². The summed E-state index contributed by atoms with van der Waals surface area (Å²) in [4.78, 5) is 11.4. The lowest BCUT2D eigenvalue weighted by molar-refractivity contribution is 0.0689. The van der Waals surface area contributed by atoms with Crippen LogP contribution in [-0.4, -0.2) is 20.9 Å². The standard InChI is InChI=1S/C16H13ClN2O3/c1-9-3-8-13(22-9)15-10(2)14(16(20)21)18-19(15)12-6-4-11(17)5-7-12/h3-8H,1-2H3,(H,20,21). The second kappa shape index (κ2) is 5.35. The Morgan fingerprint density at radius 1 is 1.18 bits per heavy atom. The molecule has 5 nitrogen and oxygen atoms in total. The molecule has 0 fully saturated rings. The van der Waals surface area contributed by atoms with E-state index in [4.69, 9.17) is 16.0 Å². The lowest BCUT2D eigenvalue weighted by Crippen LogP contribution is -2.02. The molecule has 0 saturated heterocycles. The van der Waals surface area contributed by atoms with Crippen LogP contribution in [0.4, 0.5) is 0 Å². The SMILES string of the molecule is Cc1ccc(-c2c(C)c(C(=O)O)nn2-c2ccc(Cl)cc2)o1. The van der Waals surface area contributed by atoms with Crippen molar-refractivity contribution in [1.29, 1.82) is 0 Å². The Bertz CT molecular complexity index is 847. The van der Waals surface area contributed by atoms with Crippen molar-refractivity contribution in [3.05, 3.63) is 58.4 Å². The Hall–Kier alpha value is -2.53. The number of carbonyl (C=O) groups is 1. The number of carboxylic acids is 1. The molecule has 2 aromatic heterocycles. The molecule has 3 aromatic rings. The number of nitrogens with zero attached hydrogens (tertiary/aromatic N) is 2. The molecule has 0 aliphatic heterocycles.